The summed E-state index contributed by atoms with van der Waals surface area (Å²) in [6, 6.07) is 12.9. The van der Waals surface area contributed by atoms with Crippen molar-refractivity contribution in [3.63, 3.8) is 0 Å². The summed E-state index contributed by atoms with van der Waals surface area (Å²) in [5.74, 6) is -1.33. The second-order valence-electron chi connectivity index (χ2n) is 5.63. The minimum Gasteiger partial charge on any atom is -0.294 e. The molecule has 26 heavy (non-hydrogen) atoms. The number of carbonyl (C=O) groups is 3. The molecule has 2 amide bonds. The van der Waals surface area contributed by atoms with Crippen LogP contribution in [-0.4, -0.2) is 23.4 Å². The first-order valence-corrected chi connectivity index (χ1v) is 8.98. The molecule has 0 aliphatic heterocycles. The van der Waals surface area contributed by atoms with Gasteiger partial charge >= 0.3 is 0 Å². The van der Waals surface area contributed by atoms with Gasteiger partial charge in [-0.15, -0.1) is 11.8 Å². The number of nitrogens with one attached hydrogen (secondary N) is 2. The predicted molar refractivity (Wildman–Crippen MR) is 98.2 cm³/mol. The zero-order valence-electron chi connectivity index (χ0n) is 14.3. The Bertz CT molecular complexity index is 776. The molecule has 0 unspecified atom stereocenters. The van der Waals surface area contributed by atoms with Crippen molar-refractivity contribution in [2.45, 2.75) is 24.7 Å². The number of rotatable bonds is 7. The summed E-state index contributed by atoms with van der Waals surface area (Å²) in [4.78, 5) is 36.3. The number of Topliss-reactive ketones (excluding diaryl/α,β-unsaturated/α-hetero) is 1. The number of hydrazine groups is 1. The van der Waals surface area contributed by atoms with E-state index in [4.69, 9.17) is 0 Å². The Kier molecular flexibility index (Phi) is 7.35. The monoisotopic (exact) mass is 374 g/mol. The summed E-state index contributed by atoms with van der Waals surface area (Å²) in [7, 11) is 0. The summed E-state index contributed by atoms with van der Waals surface area (Å²) >= 11 is 1.36. The minimum atomic E-state index is -0.464. The van der Waals surface area contributed by atoms with Crippen LogP contribution in [0, 0.1) is 12.7 Å². The van der Waals surface area contributed by atoms with E-state index >= 15 is 0 Å². The van der Waals surface area contributed by atoms with Gasteiger partial charge in [0, 0.05) is 23.3 Å². The molecule has 0 bridgehead atoms. The molecule has 0 saturated carbocycles. The largest absolute Gasteiger partial charge is 0.294 e. The summed E-state index contributed by atoms with van der Waals surface area (Å²) in [6.07, 6.45) is -0.0902. The molecule has 0 saturated heterocycles. The van der Waals surface area contributed by atoms with E-state index in [2.05, 4.69) is 10.9 Å². The lowest BCUT2D eigenvalue weighted by atomic mass is 10.1. The van der Waals surface area contributed by atoms with Crippen LogP contribution in [0.1, 0.15) is 28.8 Å². The first kappa shape index (κ1) is 19.7. The van der Waals surface area contributed by atoms with Gasteiger partial charge in [-0.2, -0.15) is 0 Å². The third-order valence-electron chi connectivity index (χ3n) is 3.48. The minimum absolute atomic E-state index is 0.0224. The van der Waals surface area contributed by atoms with Crippen LogP contribution in [0.5, 0.6) is 0 Å². The average molecular weight is 374 g/mol. The normalized spacial score (nSPS) is 10.2. The van der Waals surface area contributed by atoms with Gasteiger partial charge in [0.1, 0.15) is 5.82 Å². The average Bonchev–Trinajstić information content (AvgIpc) is 2.64. The lowest BCUT2D eigenvalue weighted by Crippen LogP contribution is -2.42. The lowest BCUT2D eigenvalue weighted by molar-refractivity contribution is -0.127. The topological polar surface area (TPSA) is 75.3 Å². The predicted octanol–water partition coefficient (Wildman–Crippen LogP) is 3.04. The van der Waals surface area contributed by atoms with E-state index in [1.807, 2.05) is 31.2 Å². The Morgan fingerprint density at radius 2 is 1.50 bits per heavy atom. The molecule has 2 rings (SSSR count). The first-order chi connectivity index (χ1) is 12.4. The maximum atomic E-state index is 12.8. The summed E-state index contributed by atoms with van der Waals surface area (Å²) in [6.45, 7) is 1.98. The maximum Gasteiger partial charge on any atom is 0.248 e. The number of benzene rings is 2. The molecular formula is C19H19FN2O3S. The molecule has 7 heteroatoms. The molecule has 0 radical (unpaired) electrons. The Labute approximate surface area is 155 Å². The van der Waals surface area contributed by atoms with Crippen molar-refractivity contribution in [1.82, 2.24) is 10.9 Å². The summed E-state index contributed by atoms with van der Waals surface area (Å²) < 4.78 is 12.8. The van der Waals surface area contributed by atoms with Crippen molar-refractivity contribution in [3.8, 4) is 0 Å². The molecule has 0 aliphatic carbocycles. The SMILES string of the molecule is Cc1ccc(SCC(=O)NNC(=O)CCC(=O)c2ccc(F)cc2)cc1. The molecule has 136 valence electrons. The van der Waals surface area contributed by atoms with Crippen molar-refractivity contribution < 1.29 is 18.8 Å². The quantitative estimate of drug-likeness (QED) is 0.444. The van der Waals surface area contributed by atoms with Crippen LogP contribution in [-0.2, 0) is 9.59 Å². The van der Waals surface area contributed by atoms with Gasteiger partial charge < -0.3 is 0 Å². The second-order valence-corrected chi connectivity index (χ2v) is 6.68. The van der Waals surface area contributed by atoms with Crippen molar-refractivity contribution in [1.29, 1.82) is 0 Å². The Hall–Kier alpha value is -2.67. The molecule has 0 spiro atoms. The van der Waals surface area contributed by atoms with Gasteiger partial charge in [-0.05, 0) is 43.3 Å². The van der Waals surface area contributed by atoms with Crippen LogP contribution in [0.4, 0.5) is 4.39 Å². The van der Waals surface area contributed by atoms with E-state index in [0.29, 0.717) is 5.56 Å². The molecule has 0 aliphatic rings. The third-order valence-corrected chi connectivity index (χ3v) is 4.49. The molecular weight excluding hydrogens is 355 g/mol. The van der Waals surface area contributed by atoms with Gasteiger partial charge in [0.15, 0.2) is 5.78 Å². The number of hydrogen-bond acceptors (Lipinski definition) is 4. The molecule has 0 atom stereocenters. The van der Waals surface area contributed by atoms with Gasteiger partial charge in [-0.1, -0.05) is 17.7 Å². The van der Waals surface area contributed by atoms with Crippen LogP contribution in [0.2, 0.25) is 0 Å². The molecule has 0 heterocycles. The summed E-state index contributed by atoms with van der Waals surface area (Å²) in [5, 5.41) is 0. The molecule has 2 aromatic carbocycles. The fourth-order valence-corrected chi connectivity index (χ4v) is 2.73. The number of aryl methyl sites for hydroxylation is 1. The zero-order chi connectivity index (χ0) is 18.9. The standard InChI is InChI=1S/C19H19FN2O3S/c1-13-2-8-16(9-3-13)26-12-19(25)22-21-18(24)11-10-17(23)14-4-6-15(20)7-5-14/h2-9H,10-12H2,1H3,(H,21,24)(H,22,25). The number of halogens is 1. The van der Waals surface area contributed by atoms with Crippen molar-refractivity contribution in [2.24, 2.45) is 0 Å². The second kappa shape index (κ2) is 9.72. The number of amides is 2. The van der Waals surface area contributed by atoms with Gasteiger partial charge in [-0.25, -0.2) is 4.39 Å². The highest BCUT2D eigenvalue weighted by molar-refractivity contribution is 8.00. The van der Waals surface area contributed by atoms with Crippen molar-refractivity contribution in [2.75, 3.05) is 5.75 Å². The first-order valence-electron chi connectivity index (χ1n) is 8.00. The Morgan fingerprint density at radius 3 is 2.15 bits per heavy atom. The van der Waals surface area contributed by atoms with Gasteiger partial charge in [-0.3, -0.25) is 25.2 Å². The summed E-state index contributed by atoms with van der Waals surface area (Å²) in [5.41, 5.74) is 6.08. The van der Waals surface area contributed by atoms with Gasteiger partial charge in [0.05, 0.1) is 5.75 Å². The van der Waals surface area contributed by atoms with Gasteiger partial charge in [0.25, 0.3) is 0 Å². The van der Waals surface area contributed by atoms with Crippen LogP contribution < -0.4 is 10.9 Å². The molecule has 0 aromatic heterocycles. The maximum absolute atomic E-state index is 12.8. The highest BCUT2D eigenvalue weighted by Crippen LogP contribution is 2.17. The van der Waals surface area contributed by atoms with E-state index in [1.54, 1.807) is 0 Å². The highest BCUT2D eigenvalue weighted by Gasteiger charge is 2.10. The fraction of sp³-hybridized carbons (Fsp3) is 0.211. The van der Waals surface area contributed by atoms with Gasteiger partial charge in [0.2, 0.25) is 11.8 Å². The number of carbonyl (C=O) groups excluding carboxylic acids is 3. The van der Waals surface area contributed by atoms with E-state index in [0.717, 1.165) is 10.5 Å². The number of ketones is 1. The molecule has 2 aromatic rings. The zero-order valence-corrected chi connectivity index (χ0v) is 15.1. The van der Waals surface area contributed by atoms with Crippen LogP contribution in [0.3, 0.4) is 0 Å². The van der Waals surface area contributed by atoms with E-state index in [9.17, 15) is 18.8 Å². The molecule has 2 N–H and O–H groups in total. The lowest BCUT2D eigenvalue weighted by Gasteiger charge is -2.07. The van der Waals surface area contributed by atoms with E-state index in [1.165, 1.54) is 36.0 Å². The highest BCUT2D eigenvalue weighted by atomic mass is 32.2. The number of thioether (sulfide) groups is 1. The van der Waals surface area contributed by atoms with Crippen LogP contribution >= 0.6 is 11.8 Å². The smallest absolute Gasteiger partial charge is 0.248 e. The van der Waals surface area contributed by atoms with Crippen molar-refractivity contribution >= 4 is 29.4 Å². The Balaban J connectivity index is 1.66. The molecule has 5 nitrogen and oxygen atoms in total. The van der Waals surface area contributed by atoms with E-state index in [-0.39, 0.29) is 30.3 Å². The molecule has 0 fully saturated rings. The van der Waals surface area contributed by atoms with Crippen molar-refractivity contribution in [3.05, 3.63) is 65.5 Å². The van der Waals surface area contributed by atoms with Crippen LogP contribution in [0.15, 0.2) is 53.4 Å². The van der Waals surface area contributed by atoms with Crippen LogP contribution in [0.25, 0.3) is 0 Å². The fourth-order valence-electron chi connectivity index (χ4n) is 2.03. The number of hydrogen-bond donors (Lipinski definition) is 2. The third kappa shape index (κ3) is 6.68. The Morgan fingerprint density at radius 1 is 0.885 bits per heavy atom. The van der Waals surface area contributed by atoms with E-state index < -0.39 is 11.7 Å².